The Morgan fingerprint density at radius 2 is 1.42 bits per heavy atom. The summed E-state index contributed by atoms with van der Waals surface area (Å²) in [5, 5.41) is 21.1. The summed E-state index contributed by atoms with van der Waals surface area (Å²) in [5.41, 5.74) is 2.59. The Bertz CT molecular complexity index is 1090. The average molecular weight is 497 g/mol. The van der Waals surface area contributed by atoms with Crippen molar-refractivity contribution in [3.63, 3.8) is 0 Å². The van der Waals surface area contributed by atoms with Crippen LogP contribution in [0.15, 0.2) is 66.7 Å². The molecule has 0 amide bonds. The van der Waals surface area contributed by atoms with Crippen LogP contribution in [0.4, 0.5) is 0 Å². The van der Waals surface area contributed by atoms with Crippen LogP contribution in [-0.4, -0.2) is 38.3 Å². The minimum absolute atomic E-state index is 0.0251. The van der Waals surface area contributed by atoms with Crippen LogP contribution >= 0.6 is 0 Å². The van der Waals surface area contributed by atoms with E-state index in [9.17, 15) is 10.2 Å². The van der Waals surface area contributed by atoms with Gasteiger partial charge in [-0.25, -0.2) is 0 Å². The molecule has 3 aromatic rings. The number of ether oxygens (including phenoxy) is 5. The molecule has 7 heteroatoms. The molecule has 4 atom stereocenters. The van der Waals surface area contributed by atoms with Crippen molar-refractivity contribution in [3.05, 3.63) is 83.4 Å². The third-order valence-corrected chi connectivity index (χ3v) is 6.47. The van der Waals surface area contributed by atoms with Crippen molar-refractivity contribution < 1.29 is 33.9 Å². The van der Waals surface area contributed by atoms with E-state index in [1.165, 1.54) is 13.2 Å². The Hall–Kier alpha value is -3.26. The molecule has 0 aliphatic rings. The smallest absolute Gasteiger partial charge is 0.161 e. The molecule has 0 saturated carbocycles. The van der Waals surface area contributed by atoms with Crippen molar-refractivity contribution in [1.29, 1.82) is 0 Å². The molecule has 36 heavy (non-hydrogen) atoms. The average Bonchev–Trinajstić information content (AvgIpc) is 2.92. The third-order valence-electron chi connectivity index (χ3n) is 6.47. The molecule has 2 N–H and O–H groups in total. The van der Waals surface area contributed by atoms with Crippen LogP contribution in [0.5, 0.6) is 23.0 Å². The van der Waals surface area contributed by atoms with Gasteiger partial charge in [0.2, 0.25) is 0 Å². The molecule has 0 heterocycles. The standard InChI is InChI=1S/C29H36O7/c1-19(28(31)22-11-13-24(30)26(15-22)33-4)20(2)29(36-18-32-3)23-12-14-25(27(16-23)34-5)35-17-21-9-7-6-8-10-21/h6-16,19-20,28-31H,17-18H2,1-5H3/t19-,20-,28-,29-/m1/s1. The molecule has 7 nitrogen and oxygen atoms in total. The van der Waals surface area contributed by atoms with E-state index < -0.39 is 6.10 Å². The van der Waals surface area contributed by atoms with Crippen LogP contribution in [0, 0.1) is 11.8 Å². The highest BCUT2D eigenvalue weighted by Gasteiger charge is 2.31. The Morgan fingerprint density at radius 1 is 0.750 bits per heavy atom. The van der Waals surface area contributed by atoms with Crippen molar-refractivity contribution in [2.45, 2.75) is 32.7 Å². The molecule has 0 unspecified atom stereocenters. The Kier molecular flexibility index (Phi) is 9.99. The maximum absolute atomic E-state index is 11.1. The molecule has 0 aliphatic carbocycles. The zero-order chi connectivity index (χ0) is 26.1. The van der Waals surface area contributed by atoms with Gasteiger partial charge in [0.25, 0.3) is 0 Å². The third kappa shape index (κ3) is 6.69. The van der Waals surface area contributed by atoms with Gasteiger partial charge in [0.15, 0.2) is 23.0 Å². The molecular weight excluding hydrogens is 460 g/mol. The molecule has 194 valence electrons. The number of hydrogen-bond donors (Lipinski definition) is 2. The zero-order valence-electron chi connectivity index (χ0n) is 21.5. The van der Waals surface area contributed by atoms with Gasteiger partial charge >= 0.3 is 0 Å². The summed E-state index contributed by atoms with van der Waals surface area (Å²) < 4.78 is 28.1. The molecule has 0 saturated heterocycles. The molecule has 0 bridgehead atoms. The van der Waals surface area contributed by atoms with Crippen LogP contribution < -0.4 is 14.2 Å². The van der Waals surface area contributed by atoms with Crippen LogP contribution in [0.25, 0.3) is 0 Å². The lowest BCUT2D eigenvalue weighted by Crippen LogP contribution is -2.25. The first-order valence-corrected chi connectivity index (χ1v) is 11.9. The highest BCUT2D eigenvalue weighted by Crippen LogP contribution is 2.41. The van der Waals surface area contributed by atoms with Crippen molar-refractivity contribution >= 4 is 0 Å². The second-order valence-corrected chi connectivity index (χ2v) is 8.77. The number of hydrogen-bond acceptors (Lipinski definition) is 7. The summed E-state index contributed by atoms with van der Waals surface area (Å²) in [4.78, 5) is 0. The molecule has 0 fully saturated rings. The van der Waals surface area contributed by atoms with Gasteiger partial charge in [-0.2, -0.15) is 0 Å². The number of methoxy groups -OCH3 is 3. The quantitative estimate of drug-likeness (QED) is 0.296. The lowest BCUT2D eigenvalue weighted by atomic mass is 9.81. The molecule has 3 rings (SSSR count). The van der Waals surface area contributed by atoms with Crippen LogP contribution in [0.2, 0.25) is 0 Å². The number of rotatable bonds is 13. The Morgan fingerprint density at radius 3 is 2.08 bits per heavy atom. The molecule has 0 spiro atoms. The van der Waals surface area contributed by atoms with Gasteiger partial charge in [-0.15, -0.1) is 0 Å². The number of benzene rings is 3. The van der Waals surface area contributed by atoms with Gasteiger partial charge in [-0.1, -0.05) is 56.3 Å². The number of phenols is 1. The Balaban J connectivity index is 1.82. The van der Waals surface area contributed by atoms with E-state index in [-0.39, 0.29) is 30.5 Å². The lowest BCUT2D eigenvalue weighted by Gasteiger charge is -2.32. The van der Waals surface area contributed by atoms with Crippen LogP contribution in [0.1, 0.15) is 42.7 Å². The Labute approximate surface area is 213 Å². The monoisotopic (exact) mass is 496 g/mol. The zero-order valence-corrected chi connectivity index (χ0v) is 21.5. The fourth-order valence-electron chi connectivity index (χ4n) is 4.15. The van der Waals surface area contributed by atoms with E-state index in [1.807, 2.05) is 62.4 Å². The number of aromatic hydroxyl groups is 1. The summed E-state index contributed by atoms with van der Waals surface area (Å²) in [6.45, 7) is 4.51. The predicted octanol–water partition coefficient (Wildman–Crippen LogP) is 5.66. The van der Waals surface area contributed by atoms with Crippen molar-refractivity contribution in [3.8, 4) is 23.0 Å². The second kappa shape index (κ2) is 13.2. The highest BCUT2D eigenvalue weighted by molar-refractivity contribution is 5.44. The van der Waals surface area contributed by atoms with Gasteiger partial charge in [-0.3, -0.25) is 0 Å². The SMILES string of the molecule is COCO[C@@H](c1ccc(OCc2ccccc2)c(OC)c1)[C@H](C)[C@@H](C)[C@@H](O)c1ccc(O)c(OC)c1. The summed E-state index contributed by atoms with van der Waals surface area (Å²) in [6.07, 6.45) is -1.19. The summed E-state index contributed by atoms with van der Waals surface area (Å²) in [7, 11) is 4.66. The summed E-state index contributed by atoms with van der Waals surface area (Å²) in [5.74, 6) is 1.24. The van der Waals surface area contributed by atoms with E-state index in [4.69, 9.17) is 23.7 Å². The maximum atomic E-state index is 11.1. The first-order valence-electron chi connectivity index (χ1n) is 11.9. The van der Waals surface area contributed by atoms with Crippen LogP contribution in [-0.2, 0) is 16.1 Å². The van der Waals surface area contributed by atoms with Crippen molar-refractivity contribution in [2.24, 2.45) is 11.8 Å². The fourth-order valence-corrected chi connectivity index (χ4v) is 4.15. The first kappa shape index (κ1) is 27.3. The van der Waals surface area contributed by atoms with Gasteiger partial charge in [-0.05, 0) is 52.8 Å². The van der Waals surface area contributed by atoms with Gasteiger partial charge in [0.1, 0.15) is 13.4 Å². The molecule has 0 aromatic heterocycles. The van der Waals surface area contributed by atoms with Crippen molar-refractivity contribution in [1.82, 2.24) is 0 Å². The molecular formula is C29H36O7. The largest absolute Gasteiger partial charge is 0.504 e. The van der Waals surface area contributed by atoms with Gasteiger partial charge in [0, 0.05) is 7.11 Å². The van der Waals surface area contributed by atoms with Gasteiger partial charge < -0.3 is 33.9 Å². The topological polar surface area (TPSA) is 86.6 Å². The van der Waals surface area contributed by atoms with E-state index in [1.54, 1.807) is 26.4 Å². The molecule has 0 radical (unpaired) electrons. The maximum Gasteiger partial charge on any atom is 0.161 e. The number of aliphatic hydroxyl groups is 1. The fraction of sp³-hybridized carbons (Fsp3) is 0.379. The van der Waals surface area contributed by atoms with Gasteiger partial charge in [0.05, 0.1) is 26.4 Å². The van der Waals surface area contributed by atoms with E-state index in [0.29, 0.717) is 29.4 Å². The minimum atomic E-state index is -0.807. The molecule has 0 aliphatic heterocycles. The summed E-state index contributed by atoms with van der Waals surface area (Å²) >= 11 is 0. The van der Waals surface area contributed by atoms with E-state index in [0.717, 1.165) is 11.1 Å². The normalized spacial score (nSPS) is 14.5. The lowest BCUT2D eigenvalue weighted by molar-refractivity contribution is -0.106. The predicted molar refractivity (Wildman–Crippen MR) is 137 cm³/mol. The number of aliphatic hydroxyl groups excluding tert-OH is 1. The summed E-state index contributed by atoms with van der Waals surface area (Å²) in [6, 6.07) is 20.5. The van der Waals surface area contributed by atoms with Crippen molar-refractivity contribution in [2.75, 3.05) is 28.1 Å². The van der Waals surface area contributed by atoms with Crippen LogP contribution in [0.3, 0.4) is 0 Å². The second-order valence-electron chi connectivity index (χ2n) is 8.77. The first-order chi connectivity index (χ1) is 17.4. The van der Waals surface area contributed by atoms with E-state index in [2.05, 4.69) is 0 Å². The molecule has 3 aromatic carbocycles. The minimum Gasteiger partial charge on any atom is -0.504 e. The highest BCUT2D eigenvalue weighted by atomic mass is 16.7. The van der Waals surface area contributed by atoms with E-state index >= 15 is 0 Å². The number of phenolic OH excluding ortho intramolecular Hbond substituents is 1.